The molecule has 0 aliphatic heterocycles. The Morgan fingerprint density at radius 3 is 2.43 bits per heavy atom. The molecule has 0 aliphatic rings. The maximum Gasteiger partial charge on any atom is 0.414 e. The van der Waals surface area contributed by atoms with Crippen LogP contribution in [0.1, 0.15) is 34.1 Å². The molecule has 0 saturated heterocycles. The molecular formula is C15H21NO5. The van der Waals surface area contributed by atoms with Gasteiger partial charge in [-0.1, -0.05) is 13.0 Å². The number of ether oxygens (including phenoxy) is 2. The second kappa shape index (κ2) is 6.47. The Hall–Kier alpha value is -2.24. The van der Waals surface area contributed by atoms with E-state index in [2.05, 4.69) is 0 Å². The van der Waals surface area contributed by atoms with Crippen molar-refractivity contribution >= 4 is 17.7 Å². The van der Waals surface area contributed by atoms with Gasteiger partial charge in [0.1, 0.15) is 5.60 Å². The summed E-state index contributed by atoms with van der Waals surface area (Å²) in [5.74, 6) is -0.780. The quantitative estimate of drug-likeness (QED) is 0.685. The van der Waals surface area contributed by atoms with E-state index in [0.29, 0.717) is 0 Å². The fourth-order valence-electron chi connectivity index (χ4n) is 1.50. The van der Waals surface area contributed by atoms with Crippen LogP contribution in [0, 0.1) is 0 Å². The Morgan fingerprint density at radius 1 is 1.29 bits per heavy atom. The van der Waals surface area contributed by atoms with Crippen LogP contribution in [0.4, 0.5) is 10.5 Å². The van der Waals surface area contributed by atoms with E-state index in [0.717, 1.165) is 0 Å². The van der Waals surface area contributed by atoms with E-state index >= 15 is 0 Å². The molecule has 0 aliphatic carbocycles. The lowest BCUT2D eigenvalue weighted by molar-refractivity contribution is -0.134. The van der Waals surface area contributed by atoms with Gasteiger partial charge in [0, 0.05) is 13.5 Å². The number of hydrogen-bond donors (Lipinski definition) is 1. The van der Waals surface area contributed by atoms with Crippen molar-refractivity contribution in [3.05, 3.63) is 18.2 Å². The lowest BCUT2D eigenvalue weighted by atomic mass is 10.2. The summed E-state index contributed by atoms with van der Waals surface area (Å²) in [5.41, 5.74) is -0.395. The molecule has 1 amide bonds. The molecule has 6 nitrogen and oxygen atoms in total. The molecule has 0 aromatic heterocycles. The first kappa shape index (κ1) is 16.8. The second-order valence-electron chi connectivity index (χ2n) is 5.49. The molecule has 0 spiro atoms. The molecule has 0 bridgehead atoms. The first-order chi connectivity index (χ1) is 9.65. The Kier molecular flexibility index (Phi) is 5.18. The highest BCUT2D eigenvalue weighted by molar-refractivity contribution is 5.91. The van der Waals surface area contributed by atoms with Gasteiger partial charge in [-0.05, 0) is 32.9 Å². The van der Waals surface area contributed by atoms with Crippen LogP contribution in [-0.2, 0) is 9.53 Å². The third kappa shape index (κ3) is 4.66. The number of hydrogen-bond acceptors (Lipinski definition) is 5. The predicted octanol–water partition coefficient (Wildman–Crippen LogP) is 3.08. The third-order valence-corrected chi connectivity index (χ3v) is 2.51. The number of esters is 1. The van der Waals surface area contributed by atoms with Gasteiger partial charge in [0.15, 0.2) is 11.5 Å². The average molecular weight is 295 g/mol. The molecule has 1 N–H and O–H groups in total. The fraction of sp³-hybridized carbons (Fsp3) is 0.467. The van der Waals surface area contributed by atoms with E-state index in [9.17, 15) is 14.7 Å². The Morgan fingerprint density at radius 2 is 1.90 bits per heavy atom. The highest BCUT2D eigenvalue weighted by Gasteiger charge is 2.24. The molecule has 1 rings (SSSR count). The molecule has 0 atom stereocenters. The van der Waals surface area contributed by atoms with E-state index in [4.69, 9.17) is 9.47 Å². The number of anilines is 1. The summed E-state index contributed by atoms with van der Waals surface area (Å²) in [5, 5.41) is 9.84. The van der Waals surface area contributed by atoms with Crippen molar-refractivity contribution in [2.45, 2.75) is 39.7 Å². The number of rotatable bonds is 3. The van der Waals surface area contributed by atoms with Gasteiger partial charge in [0.2, 0.25) is 0 Å². The van der Waals surface area contributed by atoms with Crippen molar-refractivity contribution in [2.24, 2.45) is 0 Å². The average Bonchev–Trinajstić information content (AvgIpc) is 2.38. The summed E-state index contributed by atoms with van der Waals surface area (Å²) in [4.78, 5) is 24.7. The van der Waals surface area contributed by atoms with Gasteiger partial charge in [-0.15, -0.1) is 0 Å². The van der Waals surface area contributed by atoms with E-state index in [1.54, 1.807) is 39.8 Å². The second-order valence-corrected chi connectivity index (χ2v) is 5.49. The molecule has 21 heavy (non-hydrogen) atoms. The minimum absolute atomic E-state index is 0.0577. The van der Waals surface area contributed by atoms with Crippen molar-refractivity contribution in [1.82, 2.24) is 0 Å². The lowest BCUT2D eigenvalue weighted by Gasteiger charge is -2.25. The van der Waals surface area contributed by atoms with Crippen LogP contribution in [0.5, 0.6) is 11.5 Å². The number of phenolic OH excluding ortho intramolecular Hbond substituents is 1. The molecule has 6 heteroatoms. The zero-order valence-corrected chi connectivity index (χ0v) is 13.0. The summed E-state index contributed by atoms with van der Waals surface area (Å²) in [6.07, 6.45) is -0.453. The van der Waals surface area contributed by atoms with Crippen molar-refractivity contribution < 1.29 is 24.2 Å². The van der Waals surface area contributed by atoms with Crippen molar-refractivity contribution in [2.75, 3.05) is 11.9 Å². The zero-order chi connectivity index (χ0) is 16.2. The van der Waals surface area contributed by atoms with Crippen molar-refractivity contribution in [3.63, 3.8) is 0 Å². The summed E-state index contributed by atoms with van der Waals surface area (Å²) in [6.45, 7) is 6.89. The largest absolute Gasteiger partial charge is 0.504 e. The first-order valence-corrected chi connectivity index (χ1v) is 6.65. The van der Waals surface area contributed by atoms with Crippen LogP contribution in [0.2, 0.25) is 0 Å². The Balaban J connectivity index is 3.09. The number of carbonyl (C=O) groups excluding carboxylic acids is 2. The van der Waals surface area contributed by atoms with Gasteiger partial charge in [-0.25, -0.2) is 4.79 Å². The van der Waals surface area contributed by atoms with Gasteiger partial charge < -0.3 is 14.6 Å². The maximum atomic E-state index is 12.1. The summed E-state index contributed by atoms with van der Waals surface area (Å²) in [6, 6.07) is 4.49. The van der Waals surface area contributed by atoms with Gasteiger partial charge in [0.25, 0.3) is 0 Å². The summed E-state index contributed by atoms with van der Waals surface area (Å²) < 4.78 is 10.3. The summed E-state index contributed by atoms with van der Waals surface area (Å²) in [7, 11) is 1.48. The molecule has 1 aromatic rings. The molecule has 1 aromatic carbocycles. The smallest absolute Gasteiger partial charge is 0.414 e. The van der Waals surface area contributed by atoms with Crippen molar-refractivity contribution in [1.29, 1.82) is 0 Å². The third-order valence-electron chi connectivity index (χ3n) is 2.51. The number of nitrogens with zero attached hydrogens (tertiary/aromatic N) is 1. The lowest BCUT2D eigenvalue weighted by Crippen LogP contribution is -2.34. The highest BCUT2D eigenvalue weighted by atomic mass is 16.6. The number of para-hydroxylation sites is 1. The van der Waals surface area contributed by atoms with Crippen LogP contribution in [0.3, 0.4) is 0 Å². The molecule has 116 valence electrons. The van der Waals surface area contributed by atoms with Gasteiger partial charge in [-0.2, -0.15) is 0 Å². The number of amides is 1. The van der Waals surface area contributed by atoms with Gasteiger partial charge in [0.05, 0.1) is 5.69 Å². The molecule has 0 heterocycles. The number of phenols is 1. The molecule has 0 saturated carbocycles. The monoisotopic (exact) mass is 295 g/mol. The van der Waals surface area contributed by atoms with Crippen LogP contribution >= 0.6 is 0 Å². The summed E-state index contributed by atoms with van der Waals surface area (Å²) >= 11 is 0. The zero-order valence-electron chi connectivity index (χ0n) is 13.0. The number of aromatic hydroxyl groups is 1. The number of carbonyl (C=O) groups is 2. The minimum Gasteiger partial charge on any atom is -0.504 e. The Bertz CT molecular complexity index is 533. The van der Waals surface area contributed by atoms with E-state index in [1.165, 1.54) is 18.0 Å². The molecule has 0 fully saturated rings. The highest BCUT2D eigenvalue weighted by Crippen LogP contribution is 2.37. The van der Waals surface area contributed by atoms with Crippen LogP contribution in [0.15, 0.2) is 18.2 Å². The maximum absolute atomic E-state index is 12.1. The molecule has 0 radical (unpaired) electrons. The SMILES string of the molecule is CCC(=O)Oc1c(O)cccc1N(C)C(=O)OC(C)(C)C. The van der Waals surface area contributed by atoms with Crippen molar-refractivity contribution in [3.8, 4) is 11.5 Å². The fourth-order valence-corrected chi connectivity index (χ4v) is 1.50. The van der Waals surface area contributed by atoms with Crippen LogP contribution < -0.4 is 9.64 Å². The minimum atomic E-state index is -0.650. The normalized spacial score (nSPS) is 10.9. The predicted molar refractivity (Wildman–Crippen MR) is 78.7 cm³/mol. The standard InChI is InChI=1S/C15H21NO5/c1-6-12(18)20-13-10(8-7-9-11(13)17)16(5)14(19)21-15(2,3)4/h7-9,17H,6H2,1-5H3. The van der Waals surface area contributed by atoms with E-state index in [-0.39, 0.29) is 23.6 Å². The number of benzene rings is 1. The molecular weight excluding hydrogens is 274 g/mol. The van der Waals surface area contributed by atoms with Crippen LogP contribution in [-0.4, -0.2) is 29.8 Å². The van der Waals surface area contributed by atoms with E-state index in [1.807, 2.05) is 0 Å². The molecule has 0 unspecified atom stereocenters. The topological polar surface area (TPSA) is 76.1 Å². The van der Waals surface area contributed by atoms with Crippen LogP contribution in [0.25, 0.3) is 0 Å². The van der Waals surface area contributed by atoms with Gasteiger partial charge >= 0.3 is 12.1 Å². The van der Waals surface area contributed by atoms with Gasteiger partial charge in [-0.3, -0.25) is 9.69 Å². The van der Waals surface area contributed by atoms with E-state index < -0.39 is 17.7 Å². The Labute approximate surface area is 124 Å². The first-order valence-electron chi connectivity index (χ1n) is 6.65.